The van der Waals surface area contributed by atoms with Gasteiger partial charge in [-0.1, -0.05) is 42.1 Å². The Morgan fingerprint density at radius 1 is 1.00 bits per heavy atom. The maximum absolute atomic E-state index is 6.07. The number of nitrogens with two attached hydrogens (primary N) is 1. The molecule has 0 amide bonds. The van der Waals surface area contributed by atoms with Crippen molar-refractivity contribution in [1.29, 1.82) is 0 Å². The number of aryl methyl sites for hydroxylation is 1. The van der Waals surface area contributed by atoms with Crippen LogP contribution in [-0.4, -0.2) is 25.6 Å². The Morgan fingerprint density at radius 2 is 1.76 bits per heavy atom. The summed E-state index contributed by atoms with van der Waals surface area (Å²) in [7, 11) is 0. The molecule has 3 rings (SSSR count). The van der Waals surface area contributed by atoms with E-state index >= 15 is 0 Å². The van der Waals surface area contributed by atoms with E-state index in [1.165, 1.54) is 10.2 Å². The minimum atomic E-state index is 0.652. The molecule has 1 aromatic carbocycles. The van der Waals surface area contributed by atoms with Crippen molar-refractivity contribution in [3.05, 3.63) is 60.4 Å². The van der Waals surface area contributed by atoms with E-state index in [2.05, 4.69) is 27.3 Å². The van der Waals surface area contributed by atoms with Crippen molar-refractivity contribution in [3.8, 4) is 11.4 Å². The molecule has 5 nitrogen and oxygen atoms in total. The van der Waals surface area contributed by atoms with Crippen molar-refractivity contribution in [2.24, 2.45) is 0 Å². The summed E-state index contributed by atoms with van der Waals surface area (Å²) in [5.74, 6) is 7.63. The normalized spacial score (nSPS) is 10.7. The number of thioether (sulfide) groups is 1. The lowest BCUT2D eigenvalue weighted by atomic mass is 10.2. The van der Waals surface area contributed by atoms with Crippen LogP contribution in [0, 0.1) is 0 Å². The average Bonchev–Trinajstić information content (AvgIpc) is 2.90. The maximum Gasteiger partial charge on any atom is 0.210 e. The Hall–Kier alpha value is -2.34. The second-order valence-electron chi connectivity index (χ2n) is 4.50. The quantitative estimate of drug-likeness (QED) is 0.578. The first-order valence-corrected chi connectivity index (χ1v) is 7.61. The Morgan fingerprint density at radius 3 is 2.52 bits per heavy atom. The van der Waals surface area contributed by atoms with Gasteiger partial charge in [-0.3, -0.25) is 4.98 Å². The number of benzene rings is 1. The molecule has 2 heterocycles. The molecular weight excluding hydrogens is 282 g/mol. The molecule has 0 aliphatic heterocycles. The summed E-state index contributed by atoms with van der Waals surface area (Å²) in [4.78, 5) is 3.99. The minimum Gasteiger partial charge on any atom is -0.335 e. The largest absolute Gasteiger partial charge is 0.335 e. The molecule has 6 heteroatoms. The molecule has 0 spiro atoms. The third-order valence-corrected chi connectivity index (χ3v) is 4.01. The molecule has 0 radical (unpaired) electrons. The molecule has 106 valence electrons. The van der Waals surface area contributed by atoms with E-state index in [-0.39, 0.29) is 0 Å². The SMILES string of the molecule is Nn1c(SCCc2ccccc2)nnc1-c1ccncc1. The van der Waals surface area contributed by atoms with Crippen LogP contribution in [0.2, 0.25) is 0 Å². The van der Waals surface area contributed by atoms with Crippen molar-refractivity contribution < 1.29 is 0 Å². The fourth-order valence-electron chi connectivity index (χ4n) is 1.98. The van der Waals surface area contributed by atoms with Gasteiger partial charge in [-0.25, -0.2) is 4.68 Å². The first-order valence-electron chi connectivity index (χ1n) is 6.62. The maximum atomic E-state index is 6.07. The Kier molecular flexibility index (Phi) is 4.16. The molecule has 0 bridgehead atoms. The Labute approximate surface area is 127 Å². The lowest BCUT2D eigenvalue weighted by Crippen LogP contribution is -2.11. The monoisotopic (exact) mass is 297 g/mol. The number of nitrogen functional groups attached to an aromatic ring is 1. The van der Waals surface area contributed by atoms with Gasteiger partial charge in [0, 0.05) is 23.7 Å². The number of aromatic nitrogens is 4. The Bertz CT molecular complexity index is 697. The van der Waals surface area contributed by atoms with Crippen LogP contribution in [0.4, 0.5) is 0 Å². The standard InChI is InChI=1S/C15H15N5S/c16-20-14(13-6-9-17-10-7-13)18-19-15(20)21-11-8-12-4-2-1-3-5-12/h1-7,9-10H,8,11,16H2. The van der Waals surface area contributed by atoms with Gasteiger partial charge in [0.2, 0.25) is 5.16 Å². The fourth-order valence-corrected chi connectivity index (χ4v) is 2.82. The van der Waals surface area contributed by atoms with Crippen molar-refractivity contribution in [2.45, 2.75) is 11.6 Å². The zero-order chi connectivity index (χ0) is 14.5. The molecule has 2 aromatic heterocycles. The first-order chi connectivity index (χ1) is 10.3. The lowest BCUT2D eigenvalue weighted by molar-refractivity contribution is 0.849. The van der Waals surface area contributed by atoms with Gasteiger partial charge in [-0.15, -0.1) is 10.2 Å². The molecule has 0 atom stereocenters. The van der Waals surface area contributed by atoms with Crippen LogP contribution in [0.5, 0.6) is 0 Å². The summed E-state index contributed by atoms with van der Waals surface area (Å²) < 4.78 is 1.53. The highest BCUT2D eigenvalue weighted by molar-refractivity contribution is 7.99. The van der Waals surface area contributed by atoms with Crippen molar-refractivity contribution >= 4 is 11.8 Å². The van der Waals surface area contributed by atoms with Gasteiger partial charge in [0.1, 0.15) is 0 Å². The third kappa shape index (κ3) is 3.22. The third-order valence-electron chi connectivity index (χ3n) is 3.07. The van der Waals surface area contributed by atoms with Crippen LogP contribution in [0.1, 0.15) is 5.56 Å². The Balaban J connectivity index is 1.66. The smallest absolute Gasteiger partial charge is 0.210 e. The lowest BCUT2D eigenvalue weighted by Gasteiger charge is -2.03. The average molecular weight is 297 g/mol. The topological polar surface area (TPSA) is 69.6 Å². The van der Waals surface area contributed by atoms with E-state index in [4.69, 9.17) is 5.84 Å². The van der Waals surface area contributed by atoms with Crippen LogP contribution in [-0.2, 0) is 6.42 Å². The number of pyridine rings is 1. The summed E-state index contributed by atoms with van der Waals surface area (Å²) in [6.07, 6.45) is 4.40. The number of hydrogen-bond acceptors (Lipinski definition) is 5. The molecule has 0 saturated carbocycles. The van der Waals surface area contributed by atoms with Gasteiger partial charge in [0.25, 0.3) is 0 Å². The second-order valence-corrected chi connectivity index (χ2v) is 5.56. The van der Waals surface area contributed by atoms with Gasteiger partial charge < -0.3 is 5.84 Å². The predicted octanol–water partition coefficient (Wildman–Crippen LogP) is 2.39. The van der Waals surface area contributed by atoms with E-state index in [0.29, 0.717) is 5.82 Å². The fraction of sp³-hybridized carbons (Fsp3) is 0.133. The first kappa shape index (κ1) is 13.6. The highest BCUT2D eigenvalue weighted by Gasteiger charge is 2.11. The van der Waals surface area contributed by atoms with Gasteiger partial charge in [-0.2, -0.15) is 0 Å². The molecule has 0 unspecified atom stereocenters. The van der Waals surface area contributed by atoms with Gasteiger partial charge >= 0.3 is 0 Å². The minimum absolute atomic E-state index is 0.652. The van der Waals surface area contributed by atoms with E-state index in [0.717, 1.165) is 22.9 Å². The van der Waals surface area contributed by atoms with E-state index in [1.807, 2.05) is 30.3 Å². The highest BCUT2D eigenvalue weighted by atomic mass is 32.2. The van der Waals surface area contributed by atoms with Crippen molar-refractivity contribution in [1.82, 2.24) is 19.9 Å². The van der Waals surface area contributed by atoms with E-state index in [1.54, 1.807) is 24.2 Å². The summed E-state index contributed by atoms with van der Waals surface area (Å²) in [6.45, 7) is 0. The van der Waals surface area contributed by atoms with Crippen molar-refractivity contribution in [3.63, 3.8) is 0 Å². The molecule has 3 aromatic rings. The molecular formula is C15H15N5S. The zero-order valence-electron chi connectivity index (χ0n) is 11.4. The molecule has 0 aliphatic rings. The second kappa shape index (κ2) is 6.41. The molecule has 2 N–H and O–H groups in total. The number of nitrogens with zero attached hydrogens (tertiary/aromatic N) is 4. The summed E-state index contributed by atoms with van der Waals surface area (Å²) in [5, 5.41) is 9.02. The summed E-state index contributed by atoms with van der Waals surface area (Å²) in [6, 6.07) is 14.1. The van der Waals surface area contributed by atoms with Crippen LogP contribution >= 0.6 is 11.8 Å². The molecule has 0 fully saturated rings. The zero-order valence-corrected chi connectivity index (χ0v) is 12.2. The molecule has 0 aliphatic carbocycles. The number of hydrogen-bond donors (Lipinski definition) is 1. The predicted molar refractivity (Wildman–Crippen MR) is 84.3 cm³/mol. The van der Waals surface area contributed by atoms with Gasteiger partial charge in [0.15, 0.2) is 5.82 Å². The van der Waals surface area contributed by atoms with Crippen molar-refractivity contribution in [2.75, 3.05) is 11.6 Å². The molecule has 0 saturated heterocycles. The van der Waals surface area contributed by atoms with E-state index < -0.39 is 0 Å². The van der Waals surface area contributed by atoms with Crippen LogP contribution < -0.4 is 5.84 Å². The summed E-state index contributed by atoms with van der Waals surface area (Å²) >= 11 is 1.61. The number of rotatable bonds is 5. The van der Waals surface area contributed by atoms with Gasteiger partial charge in [-0.05, 0) is 24.1 Å². The highest BCUT2D eigenvalue weighted by Crippen LogP contribution is 2.21. The van der Waals surface area contributed by atoms with Crippen LogP contribution in [0.25, 0.3) is 11.4 Å². The summed E-state index contributed by atoms with van der Waals surface area (Å²) in [5.41, 5.74) is 2.22. The van der Waals surface area contributed by atoms with Crippen LogP contribution in [0.15, 0.2) is 60.0 Å². The van der Waals surface area contributed by atoms with Gasteiger partial charge in [0.05, 0.1) is 0 Å². The van der Waals surface area contributed by atoms with Crippen LogP contribution in [0.3, 0.4) is 0 Å². The van der Waals surface area contributed by atoms with E-state index in [9.17, 15) is 0 Å². The molecule has 21 heavy (non-hydrogen) atoms.